The molecule has 3 rings (SSSR count). The fourth-order valence-electron chi connectivity index (χ4n) is 2.84. The lowest BCUT2D eigenvalue weighted by molar-refractivity contribution is 0.415. The predicted octanol–water partition coefficient (Wildman–Crippen LogP) is 3.87. The Labute approximate surface area is 140 Å². The van der Waals surface area contributed by atoms with Gasteiger partial charge in [-0.15, -0.1) is 0 Å². The number of rotatable bonds is 4. The normalized spacial score (nSPS) is 10.6. The van der Waals surface area contributed by atoms with E-state index in [1.807, 2.05) is 30.3 Å². The molecule has 122 valence electrons. The molecule has 3 aromatic rings. The molecule has 0 spiro atoms. The Balaban J connectivity index is 2.32. The minimum Gasteiger partial charge on any atom is -0.497 e. The lowest BCUT2D eigenvalue weighted by Gasteiger charge is -2.14. The van der Waals surface area contributed by atoms with Crippen molar-refractivity contribution in [1.29, 1.82) is 0 Å². The zero-order valence-electron chi connectivity index (χ0n) is 14.0. The maximum absolute atomic E-state index is 12.7. The Hall–Kier alpha value is -3.01. The van der Waals surface area contributed by atoms with Gasteiger partial charge in [0.25, 0.3) is 5.56 Å². The third-order valence-electron chi connectivity index (χ3n) is 4.20. The smallest absolute Gasteiger partial charge is 0.258 e. The van der Waals surface area contributed by atoms with Crippen LogP contribution in [0.25, 0.3) is 28.1 Å². The molecule has 1 heterocycles. The average molecular weight is 321 g/mol. The van der Waals surface area contributed by atoms with Gasteiger partial charge in [0.05, 0.1) is 19.9 Å². The Bertz CT molecular complexity index is 986. The van der Waals surface area contributed by atoms with Crippen molar-refractivity contribution in [2.45, 2.75) is 0 Å². The zero-order chi connectivity index (χ0) is 17.3. The van der Waals surface area contributed by atoms with E-state index in [9.17, 15) is 4.79 Å². The van der Waals surface area contributed by atoms with Crippen molar-refractivity contribution >= 4 is 16.8 Å². The second-order valence-electron chi connectivity index (χ2n) is 5.50. The van der Waals surface area contributed by atoms with E-state index in [-0.39, 0.29) is 5.56 Å². The molecule has 0 bridgehead atoms. The van der Waals surface area contributed by atoms with Crippen molar-refractivity contribution in [3.8, 4) is 22.8 Å². The molecule has 0 atom stereocenters. The highest BCUT2D eigenvalue weighted by atomic mass is 16.5. The number of hydrogen-bond donors (Lipinski definition) is 0. The first kappa shape index (κ1) is 15.9. The first-order chi connectivity index (χ1) is 11.6. The standard InChI is InChI=1S/C20H19NO3/c1-5-13-10-15(23-3)6-8-17(13)19-12-14-11-16(24-4)7-9-18(14)20(22)21(19)2/h5-12H,1H2,2-4H3. The van der Waals surface area contributed by atoms with Crippen molar-refractivity contribution in [1.82, 2.24) is 4.57 Å². The summed E-state index contributed by atoms with van der Waals surface area (Å²) in [6, 6.07) is 13.2. The van der Waals surface area contributed by atoms with Crippen LogP contribution in [0.4, 0.5) is 0 Å². The minimum absolute atomic E-state index is 0.0454. The summed E-state index contributed by atoms with van der Waals surface area (Å²) in [5.41, 5.74) is 2.61. The third-order valence-corrected chi connectivity index (χ3v) is 4.20. The SMILES string of the molecule is C=Cc1cc(OC)ccc1-c1cc2cc(OC)ccc2c(=O)n1C. The van der Waals surface area contributed by atoms with Crippen LogP contribution >= 0.6 is 0 Å². The molecule has 0 saturated heterocycles. The molecule has 0 amide bonds. The molecular formula is C20H19NO3. The molecular weight excluding hydrogens is 302 g/mol. The number of hydrogen-bond acceptors (Lipinski definition) is 3. The summed E-state index contributed by atoms with van der Waals surface area (Å²) in [6.45, 7) is 3.87. The van der Waals surface area contributed by atoms with Crippen LogP contribution in [-0.4, -0.2) is 18.8 Å². The van der Waals surface area contributed by atoms with Gasteiger partial charge < -0.3 is 14.0 Å². The Morgan fingerprint density at radius 1 is 1.00 bits per heavy atom. The van der Waals surface area contributed by atoms with E-state index in [0.717, 1.165) is 33.7 Å². The summed E-state index contributed by atoms with van der Waals surface area (Å²) in [5, 5.41) is 1.51. The number of pyridine rings is 1. The molecule has 4 nitrogen and oxygen atoms in total. The van der Waals surface area contributed by atoms with Gasteiger partial charge in [-0.25, -0.2) is 0 Å². The summed E-state index contributed by atoms with van der Waals surface area (Å²) in [4.78, 5) is 12.7. The number of fused-ring (bicyclic) bond motifs is 1. The van der Waals surface area contributed by atoms with E-state index >= 15 is 0 Å². The van der Waals surface area contributed by atoms with E-state index in [4.69, 9.17) is 9.47 Å². The van der Waals surface area contributed by atoms with Gasteiger partial charge in [-0.3, -0.25) is 4.79 Å². The van der Waals surface area contributed by atoms with Gasteiger partial charge in [-0.2, -0.15) is 0 Å². The van der Waals surface area contributed by atoms with Crippen molar-refractivity contribution in [3.63, 3.8) is 0 Å². The molecule has 4 heteroatoms. The third kappa shape index (κ3) is 2.56. The predicted molar refractivity (Wildman–Crippen MR) is 97.8 cm³/mol. The van der Waals surface area contributed by atoms with Crippen molar-refractivity contribution < 1.29 is 9.47 Å². The van der Waals surface area contributed by atoms with Crippen LogP contribution in [-0.2, 0) is 7.05 Å². The second kappa shape index (κ2) is 6.24. The van der Waals surface area contributed by atoms with Crippen molar-refractivity contribution in [3.05, 3.63) is 65.0 Å². The summed E-state index contributed by atoms with van der Waals surface area (Å²) in [7, 11) is 5.01. The molecule has 0 saturated carbocycles. The second-order valence-corrected chi connectivity index (χ2v) is 5.50. The molecule has 1 aromatic heterocycles. The van der Waals surface area contributed by atoms with E-state index in [0.29, 0.717) is 5.39 Å². The van der Waals surface area contributed by atoms with Crippen LogP contribution in [0.3, 0.4) is 0 Å². The number of methoxy groups -OCH3 is 2. The molecule has 0 fully saturated rings. The van der Waals surface area contributed by atoms with Crippen LogP contribution in [0, 0.1) is 0 Å². The lowest BCUT2D eigenvalue weighted by Crippen LogP contribution is -2.18. The van der Waals surface area contributed by atoms with Gasteiger partial charge in [0.15, 0.2) is 0 Å². The Morgan fingerprint density at radius 3 is 2.33 bits per heavy atom. The van der Waals surface area contributed by atoms with Crippen LogP contribution in [0.15, 0.2) is 53.8 Å². The highest BCUT2D eigenvalue weighted by Crippen LogP contribution is 2.30. The summed E-state index contributed by atoms with van der Waals surface area (Å²) in [5.74, 6) is 1.47. The van der Waals surface area contributed by atoms with E-state index in [1.54, 1.807) is 44.0 Å². The highest BCUT2D eigenvalue weighted by Gasteiger charge is 2.12. The molecule has 0 N–H and O–H groups in total. The fourth-order valence-corrected chi connectivity index (χ4v) is 2.84. The highest BCUT2D eigenvalue weighted by molar-refractivity contribution is 5.88. The maximum atomic E-state index is 12.7. The summed E-state index contributed by atoms with van der Waals surface area (Å²) in [6.07, 6.45) is 1.76. The molecule has 2 aromatic carbocycles. The zero-order valence-corrected chi connectivity index (χ0v) is 14.0. The molecule has 0 radical (unpaired) electrons. The molecule has 24 heavy (non-hydrogen) atoms. The van der Waals surface area contributed by atoms with Crippen LogP contribution < -0.4 is 15.0 Å². The van der Waals surface area contributed by atoms with Gasteiger partial charge in [0, 0.05) is 18.0 Å². The van der Waals surface area contributed by atoms with Gasteiger partial charge in [-0.05, 0) is 53.4 Å². The lowest BCUT2D eigenvalue weighted by atomic mass is 10.0. The molecule has 0 unspecified atom stereocenters. The van der Waals surface area contributed by atoms with Crippen LogP contribution in [0.2, 0.25) is 0 Å². The average Bonchev–Trinajstić information content (AvgIpc) is 2.63. The van der Waals surface area contributed by atoms with Crippen LogP contribution in [0.5, 0.6) is 11.5 Å². The van der Waals surface area contributed by atoms with Gasteiger partial charge >= 0.3 is 0 Å². The van der Waals surface area contributed by atoms with E-state index < -0.39 is 0 Å². The largest absolute Gasteiger partial charge is 0.497 e. The monoisotopic (exact) mass is 321 g/mol. The quantitative estimate of drug-likeness (QED) is 0.732. The Kier molecular flexibility index (Phi) is 4.13. The number of ether oxygens (including phenoxy) is 2. The Morgan fingerprint density at radius 2 is 1.67 bits per heavy atom. The van der Waals surface area contributed by atoms with Gasteiger partial charge in [0.1, 0.15) is 11.5 Å². The van der Waals surface area contributed by atoms with Crippen molar-refractivity contribution in [2.24, 2.45) is 7.05 Å². The van der Waals surface area contributed by atoms with E-state index in [2.05, 4.69) is 6.58 Å². The first-order valence-electron chi connectivity index (χ1n) is 7.57. The number of nitrogens with zero attached hydrogens (tertiary/aromatic N) is 1. The number of benzene rings is 2. The summed E-state index contributed by atoms with van der Waals surface area (Å²) < 4.78 is 12.2. The van der Waals surface area contributed by atoms with Crippen molar-refractivity contribution in [2.75, 3.05) is 14.2 Å². The maximum Gasteiger partial charge on any atom is 0.258 e. The number of aromatic nitrogens is 1. The van der Waals surface area contributed by atoms with Gasteiger partial charge in [-0.1, -0.05) is 12.7 Å². The fraction of sp³-hybridized carbons (Fsp3) is 0.150. The topological polar surface area (TPSA) is 40.5 Å². The summed E-state index contributed by atoms with van der Waals surface area (Å²) >= 11 is 0. The van der Waals surface area contributed by atoms with Gasteiger partial charge in [0.2, 0.25) is 0 Å². The van der Waals surface area contributed by atoms with Crippen LogP contribution in [0.1, 0.15) is 5.56 Å². The molecule has 0 aliphatic heterocycles. The minimum atomic E-state index is -0.0454. The first-order valence-corrected chi connectivity index (χ1v) is 7.57. The molecule has 0 aliphatic rings. The van der Waals surface area contributed by atoms with E-state index in [1.165, 1.54) is 0 Å². The molecule has 0 aliphatic carbocycles.